The summed E-state index contributed by atoms with van der Waals surface area (Å²) in [5.74, 6) is -0.490. The molecule has 0 aromatic heterocycles. The predicted molar refractivity (Wildman–Crippen MR) is 96.4 cm³/mol. The van der Waals surface area contributed by atoms with Crippen molar-refractivity contribution >= 4 is 11.6 Å². The van der Waals surface area contributed by atoms with E-state index in [1.54, 1.807) is 13.8 Å². The van der Waals surface area contributed by atoms with Crippen molar-refractivity contribution in [3.8, 4) is 23.0 Å². The number of hydrogen-bond acceptors (Lipinski definition) is 6. The highest BCUT2D eigenvalue weighted by atomic mass is 16.5. The molecule has 0 radical (unpaired) electrons. The van der Waals surface area contributed by atoms with E-state index in [1.807, 2.05) is 0 Å². The van der Waals surface area contributed by atoms with Gasteiger partial charge in [-0.05, 0) is 50.2 Å². The van der Waals surface area contributed by atoms with Gasteiger partial charge in [0.05, 0.1) is 14.2 Å². The van der Waals surface area contributed by atoms with Crippen molar-refractivity contribution in [1.29, 1.82) is 0 Å². The molecule has 0 unspecified atom stereocenters. The molecule has 0 spiro atoms. The number of allylic oxidation sites excluding steroid dienone is 2. The number of ketones is 2. The van der Waals surface area contributed by atoms with Crippen molar-refractivity contribution in [1.82, 2.24) is 0 Å². The summed E-state index contributed by atoms with van der Waals surface area (Å²) < 4.78 is 10.0. The molecule has 0 bridgehead atoms. The van der Waals surface area contributed by atoms with Crippen LogP contribution in [0.4, 0.5) is 0 Å². The highest BCUT2D eigenvalue weighted by Gasteiger charge is 2.19. The second-order valence-electron chi connectivity index (χ2n) is 5.68. The lowest BCUT2D eigenvalue weighted by Crippen LogP contribution is -2.09. The number of benzene rings is 2. The smallest absolute Gasteiger partial charge is 0.189 e. The Balaban J connectivity index is 2.38. The minimum absolute atomic E-state index is 0.0744. The SMILES string of the molecule is COc1cc(C(=O)/C(C)=C(\C)C(=O)c2ccc(O)c(OC)c2)ccc1O. The summed E-state index contributed by atoms with van der Waals surface area (Å²) in [4.78, 5) is 25.3. The van der Waals surface area contributed by atoms with Crippen LogP contribution < -0.4 is 9.47 Å². The zero-order valence-corrected chi connectivity index (χ0v) is 15.0. The maximum Gasteiger partial charge on any atom is 0.189 e. The summed E-state index contributed by atoms with van der Waals surface area (Å²) in [6.07, 6.45) is 0. The Labute approximate surface area is 151 Å². The predicted octanol–water partition coefficient (Wildman–Crippen LogP) is 3.52. The maximum atomic E-state index is 12.7. The lowest BCUT2D eigenvalue weighted by Gasteiger charge is -2.10. The molecule has 0 aliphatic heterocycles. The van der Waals surface area contributed by atoms with Crippen LogP contribution in [0.3, 0.4) is 0 Å². The summed E-state index contributed by atoms with van der Waals surface area (Å²) in [6, 6.07) is 8.49. The number of Topliss-reactive ketones (excluding diaryl/α,β-unsaturated/α-hetero) is 2. The van der Waals surface area contributed by atoms with Crippen molar-refractivity contribution in [3.63, 3.8) is 0 Å². The van der Waals surface area contributed by atoms with Crippen LogP contribution in [0, 0.1) is 0 Å². The van der Waals surface area contributed by atoms with Crippen LogP contribution in [-0.2, 0) is 0 Å². The number of phenolic OH excluding ortho intramolecular Hbond substituents is 2. The molecule has 2 aromatic carbocycles. The van der Waals surface area contributed by atoms with Gasteiger partial charge in [-0.3, -0.25) is 9.59 Å². The topological polar surface area (TPSA) is 93.1 Å². The Morgan fingerprint density at radius 2 is 1.08 bits per heavy atom. The average molecular weight is 356 g/mol. The third kappa shape index (κ3) is 3.69. The zero-order valence-electron chi connectivity index (χ0n) is 15.0. The van der Waals surface area contributed by atoms with Gasteiger partial charge in [-0.15, -0.1) is 0 Å². The van der Waals surface area contributed by atoms with E-state index in [1.165, 1.54) is 50.6 Å². The molecule has 0 aliphatic carbocycles. The highest BCUT2D eigenvalue weighted by molar-refractivity contribution is 6.17. The van der Waals surface area contributed by atoms with Gasteiger partial charge < -0.3 is 19.7 Å². The van der Waals surface area contributed by atoms with E-state index in [4.69, 9.17) is 9.47 Å². The summed E-state index contributed by atoms with van der Waals surface area (Å²) >= 11 is 0. The first-order valence-corrected chi connectivity index (χ1v) is 7.81. The normalized spacial score (nSPS) is 11.5. The summed E-state index contributed by atoms with van der Waals surface area (Å²) in [7, 11) is 2.78. The lowest BCUT2D eigenvalue weighted by molar-refractivity contribution is 0.0999. The van der Waals surface area contributed by atoms with E-state index in [0.29, 0.717) is 11.1 Å². The number of rotatable bonds is 6. The van der Waals surface area contributed by atoms with E-state index in [-0.39, 0.29) is 45.7 Å². The van der Waals surface area contributed by atoms with Gasteiger partial charge in [0.15, 0.2) is 34.6 Å². The highest BCUT2D eigenvalue weighted by Crippen LogP contribution is 2.29. The first-order chi connectivity index (χ1) is 12.3. The van der Waals surface area contributed by atoms with Gasteiger partial charge in [-0.25, -0.2) is 0 Å². The standard InChI is InChI=1S/C20H20O6/c1-11(19(23)13-5-7-15(21)17(9-13)25-3)12(2)20(24)14-6-8-16(22)18(10-14)26-4/h5-10,21-22H,1-4H3/b12-11+. The van der Waals surface area contributed by atoms with Crippen LogP contribution in [0.5, 0.6) is 23.0 Å². The molecule has 0 heterocycles. The molecule has 136 valence electrons. The summed E-state index contributed by atoms with van der Waals surface area (Å²) in [6.45, 7) is 3.12. The van der Waals surface area contributed by atoms with Crippen molar-refractivity contribution < 1.29 is 29.3 Å². The fourth-order valence-electron chi connectivity index (χ4n) is 2.41. The number of ether oxygens (including phenoxy) is 2. The van der Waals surface area contributed by atoms with Crippen molar-refractivity contribution in [2.45, 2.75) is 13.8 Å². The van der Waals surface area contributed by atoms with Gasteiger partial charge in [-0.1, -0.05) is 0 Å². The monoisotopic (exact) mass is 356 g/mol. The number of methoxy groups -OCH3 is 2. The Morgan fingerprint density at radius 1 is 0.731 bits per heavy atom. The molecular formula is C20H20O6. The zero-order chi connectivity index (χ0) is 19.4. The second kappa shape index (κ2) is 7.74. The average Bonchev–Trinajstić information content (AvgIpc) is 2.66. The maximum absolute atomic E-state index is 12.7. The first-order valence-electron chi connectivity index (χ1n) is 7.81. The number of phenols is 2. The van der Waals surface area contributed by atoms with Crippen molar-refractivity contribution in [3.05, 3.63) is 58.7 Å². The van der Waals surface area contributed by atoms with Gasteiger partial charge in [0, 0.05) is 22.3 Å². The van der Waals surface area contributed by atoms with Crippen LogP contribution in [0.15, 0.2) is 47.5 Å². The van der Waals surface area contributed by atoms with E-state index >= 15 is 0 Å². The minimum Gasteiger partial charge on any atom is -0.504 e. The molecule has 0 aliphatic rings. The van der Waals surface area contributed by atoms with E-state index in [2.05, 4.69) is 0 Å². The molecule has 6 heteroatoms. The van der Waals surface area contributed by atoms with Gasteiger partial charge in [0.2, 0.25) is 0 Å². The third-order valence-electron chi connectivity index (χ3n) is 4.13. The molecule has 0 atom stereocenters. The van der Waals surface area contributed by atoms with E-state index < -0.39 is 0 Å². The van der Waals surface area contributed by atoms with Crippen LogP contribution in [0.25, 0.3) is 0 Å². The molecular weight excluding hydrogens is 336 g/mol. The Bertz CT molecular complexity index is 822. The van der Waals surface area contributed by atoms with Crippen LogP contribution in [-0.4, -0.2) is 36.0 Å². The van der Waals surface area contributed by atoms with Gasteiger partial charge in [0.1, 0.15) is 0 Å². The molecule has 0 fully saturated rings. The third-order valence-corrected chi connectivity index (χ3v) is 4.13. The molecule has 2 N–H and O–H groups in total. The second-order valence-corrected chi connectivity index (χ2v) is 5.68. The molecule has 2 rings (SSSR count). The summed E-state index contributed by atoms with van der Waals surface area (Å²) in [5.41, 5.74) is 1.14. The van der Waals surface area contributed by atoms with Crippen LogP contribution >= 0.6 is 0 Å². The van der Waals surface area contributed by atoms with Gasteiger partial charge in [0.25, 0.3) is 0 Å². The molecule has 0 saturated carbocycles. The van der Waals surface area contributed by atoms with Crippen LogP contribution in [0.2, 0.25) is 0 Å². The quantitative estimate of drug-likeness (QED) is 0.608. The Morgan fingerprint density at radius 3 is 1.38 bits per heavy atom. The lowest BCUT2D eigenvalue weighted by atomic mass is 9.95. The molecule has 0 amide bonds. The van der Waals surface area contributed by atoms with E-state index in [0.717, 1.165) is 0 Å². The fraction of sp³-hybridized carbons (Fsp3) is 0.200. The van der Waals surface area contributed by atoms with Crippen molar-refractivity contribution in [2.24, 2.45) is 0 Å². The minimum atomic E-state index is -0.347. The number of aromatic hydroxyl groups is 2. The van der Waals surface area contributed by atoms with Crippen molar-refractivity contribution in [2.75, 3.05) is 14.2 Å². The van der Waals surface area contributed by atoms with Gasteiger partial charge >= 0.3 is 0 Å². The first kappa shape index (κ1) is 19.1. The number of carbonyl (C=O) groups is 2. The molecule has 26 heavy (non-hydrogen) atoms. The molecule has 2 aromatic rings. The Kier molecular flexibility index (Phi) is 5.67. The molecule has 0 saturated heterocycles. The number of hydrogen-bond donors (Lipinski definition) is 2. The van der Waals surface area contributed by atoms with E-state index in [9.17, 15) is 19.8 Å². The van der Waals surface area contributed by atoms with Crippen LogP contribution in [0.1, 0.15) is 34.6 Å². The largest absolute Gasteiger partial charge is 0.504 e. The Hall–Kier alpha value is -3.28. The molecule has 6 nitrogen and oxygen atoms in total. The summed E-state index contributed by atoms with van der Waals surface area (Å²) in [5, 5.41) is 19.3. The number of carbonyl (C=O) groups excluding carboxylic acids is 2. The van der Waals surface area contributed by atoms with Gasteiger partial charge in [-0.2, -0.15) is 0 Å². The fourth-order valence-corrected chi connectivity index (χ4v) is 2.41.